The minimum Gasteiger partial charge on any atom is -0.506 e. The maximum atomic E-state index is 11.8. The molecule has 0 bridgehead atoms. The molecule has 4 nitrogen and oxygen atoms in total. The van der Waals surface area contributed by atoms with Gasteiger partial charge in [0.2, 0.25) is 0 Å². The van der Waals surface area contributed by atoms with Gasteiger partial charge in [-0.05, 0) is 24.3 Å². The number of phenols is 1. The molecule has 2 rings (SSSR count). The van der Waals surface area contributed by atoms with Crippen molar-refractivity contribution in [1.29, 1.82) is 0 Å². The van der Waals surface area contributed by atoms with Gasteiger partial charge in [0, 0.05) is 11.2 Å². The Morgan fingerprint density at radius 2 is 2.06 bits per heavy atom. The Labute approximate surface area is 103 Å². The summed E-state index contributed by atoms with van der Waals surface area (Å²) >= 11 is 5.75. The predicted molar refractivity (Wildman–Crippen MR) is 65.3 cm³/mol. The van der Waals surface area contributed by atoms with Gasteiger partial charge < -0.3 is 10.4 Å². The van der Waals surface area contributed by atoms with Gasteiger partial charge in [-0.25, -0.2) is 0 Å². The van der Waals surface area contributed by atoms with Gasteiger partial charge in [-0.15, -0.1) is 0 Å². The summed E-state index contributed by atoms with van der Waals surface area (Å²) in [5.41, 5.74) is 0.528. The van der Waals surface area contributed by atoms with Gasteiger partial charge in [-0.3, -0.25) is 9.78 Å². The minimum atomic E-state index is -0.422. The van der Waals surface area contributed by atoms with Gasteiger partial charge in [0.05, 0.1) is 5.69 Å². The van der Waals surface area contributed by atoms with Gasteiger partial charge in [-0.1, -0.05) is 23.7 Å². The predicted octanol–water partition coefficient (Wildman–Crippen LogP) is 2.69. The smallest absolute Gasteiger partial charge is 0.274 e. The molecule has 0 aliphatic carbocycles. The highest BCUT2D eigenvalue weighted by atomic mass is 35.5. The van der Waals surface area contributed by atoms with E-state index in [1.54, 1.807) is 24.3 Å². The summed E-state index contributed by atoms with van der Waals surface area (Å²) in [5.74, 6) is -0.420. The normalized spacial score (nSPS) is 9.94. The molecule has 5 heteroatoms. The number of pyridine rings is 1. The molecule has 0 atom stereocenters. The highest BCUT2D eigenvalue weighted by molar-refractivity contribution is 6.30. The van der Waals surface area contributed by atoms with Crippen LogP contribution in [0, 0.1) is 0 Å². The number of nitrogens with one attached hydrogen (secondary N) is 1. The van der Waals surface area contributed by atoms with Crippen LogP contribution in [0.15, 0.2) is 42.6 Å². The molecule has 0 aliphatic rings. The van der Waals surface area contributed by atoms with Crippen LogP contribution in [0.3, 0.4) is 0 Å². The second-order valence-electron chi connectivity index (χ2n) is 3.33. The number of para-hydroxylation sites is 2. The third-order valence-corrected chi connectivity index (χ3v) is 2.34. The molecule has 1 heterocycles. The first-order valence-electron chi connectivity index (χ1n) is 4.88. The molecule has 0 saturated carbocycles. The quantitative estimate of drug-likeness (QED) is 0.804. The van der Waals surface area contributed by atoms with Gasteiger partial charge in [0.15, 0.2) is 0 Å². The van der Waals surface area contributed by atoms with Crippen molar-refractivity contribution in [2.75, 3.05) is 5.32 Å². The van der Waals surface area contributed by atoms with Crippen molar-refractivity contribution in [2.45, 2.75) is 0 Å². The average molecular weight is 249 g/mol. The molecule has 1 aromatic heterocycles. The number of hydrogen-bond donors (Lipinski definition) is 2. The summed E-state index contributed by atoms with van der Waals surface area (Å²) in [6.45, 7) is 0. The molecule has 17 heavy (non-hydrogen) atoms. The van der Waals surface area contributed by atoms with Crippen LogP contribution in [-0.2, 0) is 0 Å². The Bertz CT molecular complexity index is 558. The molecule has 2 aromatic rings. The number of nitrogens with zero attached hydrogens (tertiary/aromatic N) is 1. The van der Waals surface area contributed by atoms with Crippen LogP contribution in [0.1, 0.15) is 10.5 Å². The molecule has 1 aromatic carbocycles. The number of aromatic nitrogens is 1. The summed E-state index contributed by atoms with van der Waals surface area (Å²) in [5, 5.41) is 12.5. The average Bonchev–Trinajstić information content (AvgIpc) is 2.32. The van der Waals surface area contributed by atoms with Crippen LogP contribution in [0.4, 0.5) is 5.69 Å². The lowest BCUT2D eigenvalue weighted by atomic mass is 10.2. The zero-order chi connectivity index (χ0) is 12.3. The number of halogens is 1. The van der Waals surface area contributed by atoms with E-state index in [1.165, 1.54) is 18.3 Å². The van der Waals surface area contributed by atoms with Gasteiger partial charge in [0.25, 0.3) is 5.91 Å². The first kappa shape index (κ1) is 11.4. The fraction of sp³-hybridized carbons (Fsp3) is 0. The maximum absolute atomic E-state index is 11.8. The number of aromatic hydroxyl groups is 1. The van der Waals surface area contributed by atoms with Crippen molar-refractivity contribution < 1.29 is 9.90 Å². The topological polar surface area (TPSA) is 62.2 Å². The SMILES string of the molecule is O=C(Nc1ccccc1O)c1cc(Cl)ccn1. The zero-order valence-corrected chi connectivity index (χ0v) is 9.48. The van der Waals surface area contributed by atoms with E-state index in [0.29, 0.717) is 10.7 Å². The minimum absolute atomic E-state index is 0.00266. The molecular formula is C12H9ClN2O2. The van der Waals surface area contributed by atoms with Gasteiger partial charge in [-0.2, -0.15) is 0 Å². The lowest BCUT2D eigenvalue weighted by Crippen LogP contribution is -2.13. The number of rotatable bonds is 2. The molecule has 1 amide bonds. The molecule has 0 spiro atoms. The molecule has 86 valence electrons. The van der Waals surface area contributed by atoms with Crippen LogP contribution >= 0.6 is 11.6 Å². The molecule has 0 unspecified atom stereocenters. The number of phenolic OH excluding ortho intramolecular Hbond substituents is 1. The van der Waals surface area contributed by atoms with E-state index < -0.39 is 5.91 Å². The third-order valence-electron chi connectivity index (χ3n) is 2.11. The molecule has 0 radical (unpaired) electrons. The van der Waals surface area contributed by atoms with E-state index in [2.05, 4.69) is 10.3 Å². The standard InChI is InChI=1S/C12H9ClN2O2/c13-8-5-6-14-10(7-8)12(17)15-9-3-1-2-4-11(9)16/h1-7,16H,(H,15,17). The van der Waals surface area contributed by atoms with E-state index >= 15 is 0 Å². The fourth-order valence-electron chi connectivity index (χ4n) is 1.29. The van der Waals surface area contributed by atoms with Crippen LogP contribution in [0.25, 0.3) is 0 Å². The summed E-state index contributed by atoms with van der Waals surface area (Å²) in [6.07, 6.45) is 1.45. The van der Waals surface area contributed by atoms with Crippen molar-refractivity contribution in [3.05, 3.63) is 53.3 Å². The number of anilines is 1. The number of carbonyl (C=O) groups excluding carboxylic acids is 1. The number of amides is 1. The fourth-order valence-corrected chi connectivity index (χ4v) is 1.45. The van der Waals surface area contributed by atoms with E-state index in [9.17, 15) is 9.90 Å². The Balaban J connectivity index is 2.20. The van der Waals surface area contributed by atoms with Gasteiger partial charge >= 0.3 is 0 Å². The van der Waals surface area contributed by atoms with Crippen LogP contribution in [0.5, 0.6) is 5.75 Å². The van der Waals surface area contributed by atoms with Crippen LogP contribution < -0.4 is 5.32 Å². The first-order valence-corrected chi connectivity index (χ1v) is 5.25. The second kappa shape index (κ2) is 4.84. The van der Waals surface area contributed by atoms with Crippen molar-refractivity contribution in [2.24, 2.45) is 0 Å². The zero-order valence-electron chi connectivity index (χ0n) is 8.72. The molecule has 2 N–H and O–H groups in total. The van der Waals surface area contributed by atoms with E-state index in [1.807, 2.05) is 0 Å². The molecule has 0 fully saturated rings. The Morgan fingerprint density at radius 3 is 2.76 bits per heavy atom. The molecule has 0 saturated heterocycles. The maximum Gasteiger partial charge on any atom is 0.274 e. The lowest BCUT2D eigenvalue weighted by molar-refractivity contribution is 0.102. The highest BCUT2D eigenvalue weighted by Crippen LogP contribution is 2.22. The Morgan fingerprint density at radius 1 is 1.29 bits per heavy atom. The highest BCUT2D eigenvalue weighted by Gasteiger charge is 2.09. The summed E-state index contributed by atoms with van der Waals surface area (Å²) in [4.78, 5) is 15.7. The Hall–Kier alpha value is -2.07. The van der Waals surface area contributed by atoms with E-state index in [4.69, 9.17) is 11.6 Å². The van der Waals surface area contributed by atoms with Crippen LogP contribution in [-0.4, -0.2) is 16.0 Å². The van der Waals surface area contributed by atoms with Crippen molar-refractivity contribution >= 4 is 23.2 Å². The van der Waals surface area contributed by atoms with E-state index in [-0.39, 0.29) is 11.4 Å². The second-order valence-corrected chi connectivity index (χ2v) is 3.77. The largest absolute Gasteiger partial charge is 0.506 e. The number of benzene rings is 1. The molecule has 0 aliphatic heterocycles. The number of carbonyl (C=O) groups is 1. The third kappa shape index (κ3) is 2.73. The molecular weight excluding hydrogens is 240 g/mol. The monoisotopic (exact) mass is 248 g/mol. The summed E-state index contributed by atoms with van der Waals surface area (Å²) in [7, 11) is 0. The van der Waals surface area contributed by atoms with Crippen molar-refractivity contribution in [3.63, 3.8) is 0 Å². The summed E-state index contributed by atoms with van der Waals surface area (Å²) < 4.78 is 0. The van der Waals surface area contributed by atoms with E-state index in [0.717, 1.165) is 0 Å². The van der Waals surface area contributed by atoms with Crippen molar-refractivity contribution in [1.82, 2.24) is 4.98 Å². The van der Waals surface area contributed by atoms with Crippen molar-refractivity contribution in [3.8, 4) is 5.75 Å². The Kier molecular flexibility index (Phi) is 3.25. The summed E-state index contributed by atoms with van der Waals surface area (Å²) in [6, 6.07) is 9.50. The number of hydrogen-bond acceptors (Lipinski definition) is 3. The first-order chi connectivity index (χ1) is 8.16. The lowest BCUT2D eigenvalue weighted by Gasteiger charge is -2.06. The van der Waals surface area contributed by atoms with Crippen LogP contribution in [0.2, 0.25) is 5.02 Å². The van der Waals surface area contributed by atoms with Gasteiger partial charge in [0.1, 0.15) is 11.4 Å².